The molecule has 20 heavy (non-hydrogen) atoms. The van der Waals surface area contributed by atoms with Crippen LogP contribution in [0.5, 0.6) is 0 Å². The van der Waals surface area contributed by atoms with Crippen molar-refractivity contribution in [1.82, 2.24) is 10.2 Å². The normalized spacial score (nSPS) is 17.3. The number of benzene rings is 1. The van der Waals surface area contributed by atoms with E-state index in [0.717, 1.165) is 18.7 Å². The van der Waals surface area contributed by atoms with Crippen LogP contribution in [0, 0.1) is 0 Å². The highest BCUT2D eigenvalue weighted by Crippen LogP contribution is 2.05. The highest BCUT2D eigenvalue weighted by Gasteiger charge is 2.24. The van der Waals surface area contributed by atoms with Crippen molar-refractivity contribution in [3.05, 3.63) is 35.9 Å². The van der Waals surface area contributed by atoms with E-state index in [1.54, 1.807) is 0 Å². The summed E-state index contributed by atoms with van der Waals surface area (Å²) in [5.41, 5.74) is 6.58. The van der Waals surface area contributed by atoms with Crippen molar-refractivity contribution < 1.29 is 14.6 Å². The average Bonchev–Trinajstić information content (AvgIpc) is 2.42. The fourth-order valence-electron chi connectivity index (χ4n) is 2.10. The zero-order valence-corrected chi connectivity index (χ0v) is 11.4. The van der Waals surface area contributed by atoms with Gasteiger partial charge in [0.2, 0.25) is 0 Å². The van der Waals surface area contributed by atoms with Gasteiger partial charge in [-0.15, -0.1) is 0 Å². The van der Waals surface area contributed by atoms with E-state index in [0.29, 0.717) is 6.54 Å². The molecule has 1 aliphatic heterocycles. The van der Waals surface area contributed by atoms with Gasteiger partial charge < -0.3 is 20.9 Å². The molecule has 1 aromatic rings. The van der Waals surface area contributed by atoms with Crippen LogP contribution in [-0.2, 0) is 11.3 Å². The maximum atomic E-state index is 11.5. The van der Waals surface area contributed by atoms with E-state index in [-0.39, 0.29) is 19.2 Å². The highest BCUT2D eigenvalue weighted by atomic mass is 16.5. The lowest BCUT2D eigenvalue weighted by Gasteiger charge is -2.37. The third-order valence-corrected chi connectivity index (χ3v) is 3.15. The predicted octanol–water partition coefficient (Wildman–Crippen LogP) is -0.0834. The molecule has 6 heteroatoms. The Labute approximate surface area is 118 Å². The van der Waals surface area contributed by atoms with Gasteiger partial charge in [0.05, 0.1) is 6.10 Å². The first-order valence-corrected chi connectivity index (χ1v) is 6.74. The van der Waals surface area contributed by atoms with Crippen molar-refractivity contribution in [3.8, 4) is 0 Å². The van der Waals surface area contributed by atoms with E-state index in [1.165, 1.54) is 0 Å². The molecule has 0 bridgehead atoms. The van der Waals surface area contributed by atoms with E-state index in [2.05, 4.69) is 5.32 Å². The van der Waals surface area contributed by atoms with Crippen molar-refractivity contribution in [2.45, 2.75) is 18.8 Å². The minimum absolute atomic E-state index is 0.180. The number of ether oxygens (including phenoxy) is 1. The minimum atomic E-state index is -0.605. The van der Waals surface area contributed by atoms with Crippen LogP contribution in [0.15, 0.2) is 30.3 Å². The number of aliphatic hydroxyl groups excluding tert-OH is 1. The van der Waals surface area contributed by atoms with Gasteiger partial charge in [0, 0.05) is 32.2 Å². The fraction of sp³-hybridized carbons (Fsp3) is 0.500. The van der Waals surface area contributed by atoms with Crippen LogP contribution in [0.1, 0.15) is 5.56 Å². The zero-order chi connectivity index (χ0) is 14.4. The largest absolute Gasteiger partial charge is 0.445 e. The molecule has 1 aromatic carbocycles. The van der Waals surface area contributed by atoms with Crippen molar-refractivity contribution in [3.63, 3.8) is 0 Å². The Bertz CT molecular complexity index is 421. The first kappa shape index (κ1) is 14.8. The van der Waals surface area contributed by atoms with Gasteiger partial charge in [0.15, 0.2) is 0 Å². The van der Waals surface area contributed by atoms with Crippen LogP contribution in [-0.4, -0.2) is 54.4 Å². The number of nitrogens with one attached hydrogen (secondary N) is 1. The Morgan fingerprint density at radius 3 is 2.80 bits per heavy atom. The topological polar surface area (TPSA) is 87.8 Å². The Balaban J connectivity index is 1.57. The fourth-order valence-corrected chi connectivity index (χ4v) is 2.10. The van der Waals surface area contributed by atoms with Crippen LogP contribution in [0.2, 0.25) is 0 Å². The molecule has 1 saturated heterocycles. The van der Waals surface area contributed by atoms with Gasteiger partial charge in [0.25, 0.3) is 0 Å². The molecule has 1 heterocycles. The number of hydrogen-bond donors (Lipinski definition) is 3. The number of rotatable bonds is 6. The summed E-state index contributed by atoms with van der Waals surface area (Å²) in [5, 5.41) is 12.3. The maximum Gasteiger partial charge on any atom is 0.407 e. The van der Waals surface area contributed by atoms with Crippen LogP contribution in [0.4, 0.5) is 4.79 Å². The number of amides is 1. The molecule has 1 aliphatic rings. The summed E-state index contributed by atoms with van der Waals surface area (Å²) in [6, 6.07) is 9.66. The Morgan fingerprint density at radius 1 is 1.45 bits per heavy atom. The molecule has 0 radical (unpaired) electrons. The summed E-state index contributed by atoms with van der Waals surface area (Å²) in [4.78, 5) is 13.5. The second-order valence-electron chi connectivity index (χ2n) is 5.08. The van der Waals surface area contributed by atoms with E-state index in [1.807, 2.05) is 35.2 Å². The van der Waals surface area contributed by atoms with Gasteiger partial charge >= 0.3 is 6.09 Å². The Morgan fingerprint density at radius 2 is 2.15 bits per heavy atom. The first-order chi connectivity index (χ1) is 9.63. The van der Waals surface area contributed by atoms with Crippen molar-refractivity contribution in [1.29, 1.82) is 0 Å². The van der Waals surface area contributed by atoms with Gasteiger partial charge in [-0.3, -0.25) is 4.90 Å². The summed E-state index contributed by atoms with van der Waals surface area (Å²) in [6.45, 7) is 2.53. The molecule has 1 fully saturated rings. The third kappa shape index (κ3) is 4.80. The van der Waals surface area contributed by atoms with Gasteiger partial charge in [-0.25, -0.2) is 4.79 Å². The molecule has 6 nitrogen and oxygen atoms in total. The predicted molar refractivity (Wildman–Crippen MR) is 75.1 cm³/mol. The molecule has 4 N–H and O–H groups in total. The second kappa shape index (κ2) is 7.23. The van der Waals surface area contributed by atoms with Crippen molar-refractivity contribution in [2.75, 3.05) is 26.2 Å². The summed E-state index contributed by atoms with van der Waals surface area (Å²) < 4.78 is 5.05. The van der Waals surface area contributed by atoms with Crippen LogP contribution in [0.3, 0.4) is 0 Å². The molecule has 0 aliphatic carbocycles. The Kier molecular flexibility index (Phi) is 5.34. The molecule has 1 unspecified atom stereocenters. The smallest absolute Gasteiger partial charge is 0.407 e. The second-order valence-corrected chi connectivity index (χ2v) is 5.08. The number of hydrogen-bond acceptors (Lipinski definition) is 5. The van der Waals surface area contributed by atoms with E-state index >= 15 is 0 Å². The number of carbonyl (C=O) groups excluding carboxylic acids is 1. The molecule has 110 valence electrons. The first-order valence-electron chi connectivity index (χ1n) is 6.74. The molecule has 0 spiro atoms. The quantitative estimate of drug-likeness (QED) is 0.678. The number of likely N-dealkylation sites (tertiary alicyclic amines) is 1. The molecule has 2 rings (SSSR count). The molecular formula is C14H21N3O3. The SMILES string of the molecule is NC1CN(CC(O)CNC(=O)OCc2ccccc2)C1. The van der Waals surface area contributed by atoms with Gasteiger partial charge in [-0.2, -0.15) is 0 Å². The van der Waals surface area contributed by atoms with Gasteiger partial charge in [-0.1, -0.05) is 30.3 Å². The summed E-state index contributed by atoms with van der Waals surface area (Å²) in [7, 11) is 0. The molecule has 1 atom stereocenters. The number of carbonyl (C=O) groups is 1. The van der Waals surface area contributed by atoms with Crippen LogP contribution >= 0.6 is 0 Å². The number of alkyl carbamates (subject to hydrolysis) is 1. The zero-order valence-electron chi connectivity index (χ0n) is 11.4. The minimum Gasteiger partial charge on any atom is -0.445 e. The van der Waals surface area contributed by atoms with Gasteiger partial charge in [0.1, 0.15) is 6.61 Å². The van der Waals surface area contributed by atoms with Gasteiger partial charge in [-0.05, 0) is 5.56 Å². The molecule has 1 amide bonds. The molecule has 0 aromatic heterocycles. The number of nitrogens with zero attached hydrogens (tertiary/aromatic N) is 1. The highest BCUT2D eigenvalue weighted by molar-refractivity contribution is 5.67. The summed E-state index contributed by atoms with van der Waals surface area (Å²) in [6.07, 6.45) is -1.13. The molecule has 0 saturated carbocycles. The van der Waals surface area contributed by atoms with E-state index in [9.17, 15) is 9.90 Å². The van der Waals surface area contributed by atoms with E-state index < -0.39 is 12.2 Å². The number of aliphatic hydroxyl groups is 1. The number of β-amino-alcohol motifs (C(OH)–C–C–N with tert-alkyl or cyclic N) is 1. The summed E-state index contributed by atoms with van der Waals surface area (Å²) >= 11 is 0. The summed E-state index contributed by atoms with van der Waals surface area (Å²) in [5.74, 6) is 0. The third-order valence-electron chi connectivity index (χ3n) is 3.15. The lowest BCUT2D eigenvalue weighted by Crippen LogP contribution is -2.58. The molecular weight excluding hydrogens is 258 g/mol. The number of nitrogens with two attached hydrogens (primary N) is 1. The van der Waals surface area contributed by atoms with E-state index in [4.69, 9.17) is 10.5 Å². The monoisotopic (exact) mass is 279 g/mol. The van der Waals surface area contributed by atoms with Crippen molar-refractivity contribution in [2.24, 2.45) is 5.73 Å². The Hall–Kier alpha value is -1.63. The maximum absolute atomic E-state index is 11.5. The van der Waals surface area contributed by atoms with Crippen LogP contribution < -0.4 is 11.1 Å². The standard InChI is InChI=1S/C14H21N3O3/c15-12-7-17(8-12)9-13(18)6-16-14(19)20-10-11-4-2-1-3-5-11/h1-5,12-13,18H,6-10,15H2,(H,16,19). The lowest BCUT2D eigenvalue weighted by atomic mass is 10.1. The lowest BCUT2D eigenvalue weighted by molar-refractivity contribution is 0.0639. The average molecular weight is 279 g/mol. The van der Waals surface area contributed by atoms with Crippen molar-refractivity contribution >= 4 is 6.09 Å². The van der Waals surface area contributed by atoms with Crippen LogP contribution in [0.25, 0.3) is 0 Å².